The molecular weight excluding hydrogens is 378 g/mol. The van der Waals surface area contributed by atoms with Gasteiger partial charge in [0.15, 0.2) is 0 Å². The Kier molecular flexibility index (Phi) is 5.52. The van der Waals surface area contributed by atoms with Crippen LogP contribution in [0.3, 0.4) is 0 Å². The molecule has 0 unspecified atom stereocenters. The van der Waals surface area contributed by atoms with Crippen molar-refractivity contribution in [2.45, 2.75) is 18.9 Å². The fourth-order valence-corrected chi connectivity index (χ4v) is 3.60. The molecule has 1 fully saturated rings. The third-order valence-corrected chi connectivity index (χ3v) is 5.11. The lowest BCUT2D eigenvalue weighted by Crippen LogP contribution is -2.27. The van der Waals surface area contributed by atoms with E-state index in [1.54, 1.807) is 18.6 Å². The van der Waals surface area contributed by atoms with Crippen LogP contribution in [0.15, 0.2) is 55.1 Å². The summed E-state index contributed by atoms with van der Waals surface area (Å²) in [6.45, 7) is 1.67. The second kappa shape index (κ2) is 8.57. The molecule has 4 rings (SSSR count). The first-order valence-corrected chi connectivity index (χ1v) is 9.67. The number of nitrogens with two attached hydrogens (primary N) is 1. The van der Waals surface area contributed by atoms with Crippen LogP contribution in [0.5, 0.6) is 0 Å². The first-order valence-electron chi connectivity index (χ1n) is 9.67. The Morgan fingerprint density at radius 3 is 2.73 bits per heavy atom. The third kappa shape index (κ3) is 4.36. The van der Waals surface area contributed by atoms with Gasteiger partial charge >= 0.3 is 0 Å². The molecule has 3 aromatic rings. The van der Waals surface area contributed by atoms with Crippen molar-refractivity contribution in [2.75, 3.05) is 23.3 Å². The topological polar surface area (TPSA) is 121 Å². The number of pyridine rings is 1. The Labute approximate surface area is 174 Å². The highest BCUT2D eigenvalue weighted by Crippen LogP contribution is 2.25. The van der Waals surface area contributed by atoms with E-state index in [0.717, 1.165) is 36.6 Å². The molecule has 150 valence electrons. The van der Waals surface area contributed by atoms with Crippen LogP contribution in [0.4, 0.5) is 11.4 Å². The molecule has 8 nitrogen and oxygen atoms in total. The lowest BCUT2D eigenvalue weighted by molar-refractivity contribution is 0.100. The molecule has 1 aliphatic rings. The number of nitriles is 1. The maximum Gasteiger partial charge on any atom is 0.252 e. The number of aromatic nitrogens is 3. The Hall–Kier alpha value is -3.99. The number of nitrogens with one attached hydrogen (secondary N) is 1. The lowest BCUT2D eigenvalue weighted by Gasteiger charge is -2.20. The molecule has 0 bridgehead atoms. The predicted molar refractivity (Wildman–Crippen MR) is 113 cm³/mol. The number of nitrogens with zero attached hydrogens (tertiary/aromatic N) is 5. The Morgan fingerprint density at radius 2 is 2.03 bits per heavy atom. The van der Waals surface area contributed by atoms with Gasteiger partial charge < -0.3 is 16.0 Å². The van der Waals surface area contributed by atoms with Crippen LogP contribution in [0.25, 0.3) is 0 Å². The van der Waals surface area contributed by atoms with Crippen LogP contribution in [-0.2, 0) is 6.42 Å². The summed E-state index contributed by atoms with van der Waals surface area (Å²) < 4.78 is 0. The first-order chi connectivity index (χ1) is 14.6. The molecule has 0 spiro atoms. The van der Waals surface area contributed by atoms with Crippen molar-refractivity contribution in [1.82, 2.24) is 15.0 Å². The maximum atomic E-state index is 11.9. The molecule has 3 heterocycles. The molecule has 0 radical (unpaired) electrons. The van der Waals surface area contributed by atoms with Crippen molar-refractivity contribution in [3.63, 3.8) is 0 Å². The van der Waals surface area contributed by atoms with Crippen LogP contribution in [0, 0.1) is 11.3 Å². The Morgan fingerprint density at radius 1 is 1.20 bits per heavy atom. The van der Waals surface area contributed by atoms with Gasteiger partial charge in [0.2, 0.25) is 0 Å². The van der Waals surface area contributed by atoms with Gasteiger partial charge in [0.05, 0.1) is 28.6 Å². The Bertz CT molecular complexity index is 1080. The SMILES string of the molecule is N#Cc1ccc(N2CC[C@@H](Nc3cc(Cc4cnccn4)ncc3C(N)=O)C2)cc1. The molecule has 1 aliphatic heterocycles. The molecule has 2 aromatic heterocycles. The summed E-state index contributed by atoms with van der Waals surface area (Å²) in [5, 5.41) is 12.4. The van der Waals surface area contributed by atoms with Crippen LogP contribution in [-0.4, -0.2) is 40.0 Å². The fraction of sp³-hybridized carbons (Fsp3) is 0.227. The molecule has 3 N–H and O–H groups in total. The van der Waals surface area contributed by atoms with Crippen LogP contribution >= 0.6 is 0 Å². The summed E-state index contributed by atoms with van der Waals surface area (Å²) in [5.74, 6) is -0.516. The quantitative estimate of drug-likeness (QED) is 0.651. The Balaban J connectivity index is 1.49. The van der Waals surface area contributed by atoms with E-state index in [1.165, 1.54) is 6.20 Å². The van der Waals surface area contributed by atoms with Gasteiger partial charge in [-0.1, -0.05) is 0 Å². The number of carbonyl (C=O) groups is 1. The highest BCUT2D eigenvalue weighted by Gasteiger charge is 2.24. The normalized spacial score (nSPS) is 15.6. The van der Waals surface area contributed by atoms with Gasteiger partial charge in [0, 0.05) is 61.7 Å². The number of anilines is 2. The smallest absolute Gasteiger partial charge is 0.252 e. The first kappa shape index (κ1) is 19.3. The number of carbonyl (C=O) groups excluding carboxylic acids is 1. The van der Waals surface area contributed by atoms with E-state index in [4.69, 9.17) is 11.0 Å². The number of rotatable bonds is 6. The van der Waals surface area contributed by atoms with Crippen molar-refractivity contribution in [2.24, 2.45) is 5.73 Å². The van der Waals surface area contributed by atoms with Gasteiger partial charge in [0.25, 0.3) is 5.91 Å². The molecule has 30 heavy (non-hydrogen) atoms. The zero-order chi connectivity index (χ0) is 20.9. The number of hydrogen-bond donors (Lipinski definition) is 2. The van der Waals surface area contributed by atoms with E-state index < -0.39 is 5.91 Å². The predicted octanol–water partition coefficient (Wildman–Crippen LogP) is 2.12. The van der Waals surface area contributed by atoms with E-state index in [0.29, 0.717) is 23.2 Å². The highest BCUT2D eigenvalue weighted by molar-refractivity contribution is 5.98. The van der Waals surface area contributed by atoms with E-state index >= 15 is 0 Å². The number of hydrogen-bond acceptors (Lipinski definition) is 7. The number of benzene rings is 1. The van der Waals surface area contributed by atoms with Gasteiger partial charge in [-0.25, -0.2) is 0 Å². The lowest BCUT2D eigenvalue weighted by atomic mass is 10.1. The van der Waals surface area contributed by atoms with E-state index in [1.807, 2.05) is 30.3 Å². The molecule has 0 aliphatic carbocycles. The minimum atomic E-state index is -0.516. The van der Waals surface area contributed by atoms with E-state index in [2.05, 4.69) is 31.2 Å². The third-order valence-electron chi connectivity index (χ3n) is 5.11. The van der Waals surface area contributed by atoms with Crippen LogP contribution in [0.2, 0.25) is 0 Å². The molecule has 1 aromatic carbocycles. The van der Waals surface area contributed by atoms with Crippen LogP contribution < -0.4 is 16.0 Å². The number of amides is 1. The summed E-state index contributed by atoms with van der Waals surface area (Å²) in [6.07, 6.45) is 7.92. The van der Waals surface area contributed by atoms with E-state index in [9.17, 15) is 4.79 Å². The highest BCUT2D eigenvalue weighted by atomic mass is 16.1. The minimum Gasteiger partial charge on any atom is -0.380 e. The molecule has 0 saturated carbocycles. The zero-order valence-corrected chi connectivity index (χ0v) is 16.3. The maximum absolute atomic E-state index is 11.9. The summed E-state index contributed by atoms with van der Waals surface area (Å²) in [6, 6.07) is 11.7. The zero-order valence-electron chi connectivity index (χ0n) is 16.3. The van der Waals surface area contributed by atoms with Crippen molar-refractivity contribution in [3.05, 3.63) is 77.6 Å². The molecule has 1 saturated heterocycles. The summed E-state index contributed by atoms with van der Waals surface area (Å²) in [4.78, 5) is 26.9. The summed E-state index contributed by atoms with van der Waals surface area (Å²) in [7, 11) is 0. The molecular formula is C22H21N7O. The number of primary amides is 1. The molecule has 1 amide bonds. The van der Waals surface area contributed by atoms with Gasteiger partial charge in [-0.2, -0.15) is 5.26 Å². The fourth-order valence-electron chi connectivity index (χ4n) is 3.60. The monoisotopic (exact) mass is 399 g/mol. The standard InChI is InChI=1S/C22H21N7O/c23-11-15-1-3-19(4-2-15)29-8-5-16(14-29)28-21-10-17(27-13-20(21)22(24)30)9-18-12-25-6-7-26-18/h1-4,6-7,10,12-13,16H,5,8-9,14H2,(H2,24,30)(H,27,28)/t16-/m1/s1. The minimum absolute atomic E-state index is 0.158. The van der Waals surface area contributed by atoms with Crippen molar-refractivity contribution in [1.29, 1.82) is 5.26 Å². The van der Waals surface area contributed by atoms with Gasteiger partial charge in [-0.3, -0.25) is 19.7 Å². The van der Waals surface area contributed by atoms with Gasteiger partial charge in [-0.15, -0.1) is 0 Å². The van der Waals surface area contributed by atoms with Gasteiger partial charge in [-0.05, 0) is 36.8 Å². The second-order valence-electron chi connectivity index (χ2n) is 7.19. The average Bonchev–Trinajstić information content (AvgIpc) is 3.23. The second-order valence-corrected chi connectivity index (χ2v) is 7.19. The summed E-state index contributed by atoms with van der Waals surface area (Å²) >= 11 is 0. The van der Waals surface area contributed by atoms with Gasteiger partial charge in [0.1, 0.15) is 0 Å². The average molecular weight is 399 g/mol. The summed E-state index contributed by atoms with van der Waals surface area (Å²) in [5.41, 5.74) is 9.92. The van der Waals surface area contributed by atoms with Crippen molar-refractivity contribution < 1.29 is 4.79 Å². The van der Waals surface area contributed by atoms with Crippen LogP contribution in [0.1, 0.15) is 33.7 Å². The van der Waals surface area contributed by atoms with Crippen molar-refractivity contribution in [3.8, 4) is 6.07 Å². The molecule has 8 heteroatoms. The molecule has 1 atom stereocenters. The largest absolute Gasteiger partial charge is 0.380 e. The van der Waals surface area contributed by atoms with E-state index in [-0.39, 0.29) is 6.04 Å². The van der Waals surface area contributed by atoms with Crippen molar-refractivity contribution >= 4 is 17.3 Å².